The summed E-state index contributed by atoms with van der Waals surface area (Å²) < 4.78 is 5.85. The van der Waals surface area contributed by atoms with E-state index in [0.717, 1.165) is 21.7 Å². The maximum Gasteiger partial charge on any atom is 0.252 e. The number of carbonyl (C=O) groups is 3. The van der Waals surface area contributed by atoms with Gasteiger partial charge in [-0.05, 0) is 57.6 Å². The second kappa shape index (κ2) is 13.2. The fourth-order valence-corrected chi connectivity index (χ4v) is 5.53. The van der Waals surface area contributed by atoms with Crippen LogP contribution in [0.5, 0.6) is 0 Å². The largest absolute Gasteiger partial charge is 0.391 e. The zero-order valence-electron chi connectivity index (χ0n) is 26.1. The summed E-state index contributed by atoms with van der Waals surface area (Å²) in [6, 6.07) is 6.09. The molecule has 1 saturated heterocycles. The predicted molar refractivity (Wildman–Crippen MR) is 165 cm³/mol. The average molecular weight is 602 g/mol. The third kappa shape index (κ3) is 8.82. The van der Waals surface area contributed by atoms with Gasteiger partial charge in [0.25, 0.3) is 5.91 Å². The second-order valence-corrected chi connectivity index (χ2v) is 14.3. The molecule has 0 bridgehead atoms. The first-order valence-electron chi connectivity index (χ1n) is 14.4. The molecule has 1 fully saturated rings. The lowest BCUT2D eigenvalue weighted by atomic mass is 9.85. The lowest BCUT2D eigenvalue weighted by molar-refractivity contribution is -0.150. The number of hydrogen-bond donors (Lipinski definition) is 4. The van der Waals surface area contributed by atoms with E-state index in [1.807, 2.05) is 71.3 Å². The van der Waals surface area contributed by atoms with Crippen molar-refractivity contribution in [3.05, 3.63) is 41.0 Å². The van der Waals surface area contributed by atoms with E-state index in [-0.39, 0.29) is 32.0 Å². The first-order chi connectivity index (χ1) is 19.4. The van der Waals surface area contributed by atoms with E-state index in [0.29, 0.717) is 6.42 Å². The van der Waals surface area contributed by atoms with Crippen LogP contribution in [0.25, 0.3) is 10.4 Å². The summed E-state index contributed by atoms with van der Waals surface area (Å²) in [5, 5.41) is 16.2. The minimum Gasteiger partial charge on any atom is -0.391 e. The Bertz CT molecular complexity index is 1250. The Labute approximate surface area is 253 Å². The number of aryl methyl sites for hydroxylation is 1. The van der Waals surface area contributed by atoms with Crippen LogP contribution in [-0.2, 0) is 25.7 Å². The molecule has 2 heterocycles. The van der Waals surface area contributed by atoms with Crippen LogP contribution in [0.2, 0.25) is 0 Å². The number of ether oxygens (including phenoxy) is 1. The van der Waals surface area contributed by atoms with Crippen LogP contribution in [-0.4, -0.2) is 75.2 Å². The van der Waals surface area contributed by atoms with Crippen LogP contribution in [0.4, 0.5) is 0 Å². The van der Waals surface area contributed by atoms with Gasteiger partial charge < -0.3 is 31.1 Å². The molecule has 10 nitrogen and oxygen atoms in total. The van der Waals surface area contributed by atoms with Crippen molar-refractivity contribution >= 4 is 29.1 Å². The molecule has 232 valence electrons. The number of amides is 3. The van der Waals surface area contributed by atoms with Crippen LogP contribution in [0.1, 0.15) is 72.6 Å². The number of rotatable bonds is 11. The number of aromatic nitrogens is 1. The minimum absolute atomic E-state index is 0.00768. The van der Waals surface area contributed by atoms with Crippen molar-refractivity contribution in [1.29, 1.82) is 0 Å². The number of thiazole rings is 1. The van der Waals surface area contributed by atoms with Gasteiger partial charge in [0.15, 0.2) is 0 Å². The quantitative estimate of drug-likeness (QED) is 0.309. The predicted octanol–water partition coefficient (Wildman–Crippen LogP) is 3.15. The summed E-state index contributed by atoms with van der Waals surface area (Å²) in [4.78, 5) is 47.2. The number of nitrogens with two attached hydrogens (primary N) is 1. The zero-order valence-corrected chi connectivity index (χ0v) is 26.9. The Morgan fingerprint density at radius 3 is 2.33 bits per heavy atom. The van der Waals surface area contributed by atoms with Crippen LogP contribution in [0, 0.1) is 12.3 Å². The number of carbonyl (C=O) groups excluding carboxylic acids is 3. The first kappa shape index (κ1) is 33.6. The molecule has 1 aromatic carbocycles. The number of benzene rings is 1. The van der Waals surface area contributed by atoms with E-state index in [2.05, 4.69) is 15.6 Å². The molecule has 2 aromatic rings. The van der Waals surface area contributed by atoms with Gasteiger partial charge in [0.05, 0.1) is 22.2 Å². The number of nitrogens with one attached hydrogen (secondary N) is 2. The van der Waals surface area contributed by atoms with Crippen molar-refractivity contribution in [3.8, 4) is 10.4 Å². The number of hydrogen-bond acceptors (Lipinski definition) is 8. The molecule has 3 rings (SSSR count). The number of aliphatic hydroxyl groups is 1. The summed E-state index contributed by atoms with van der Waals surface area (Å²) in [5.41, 5.74) is 8.48. The Hall–Kier alpha value is -2.86. The Kier molecular flexibility index (Phi) is 10.6. The summed E-state index contributed by atoms with van der Waals surface area (Å²) in [6.07, 6.45) is -0.165. The molecule has 0 saturated carbocycles. The van der Waals surface area contributed by atoms with Gasteiger partial charge in [-0.1, -0.05) is 45.0 Å². The van der Waals surface area contributed by atoms with Crippen molar-refractivity contribution < 1.29 is 24.2 Å². The van der Waals surface area contributed by atoms with Gasteiger partial charge in [0, 0.05) is 31.7 Å². The number of β-amino-alcohol motifs (C(OH)–C–C–N with tert-alkyl or cyclic N) is 1. The van der Waals surface area contributed by atoms with E-state index >= 15 is 0 Å². The van der Waals surface area contributed by atoms with Crippen molar-refractivity contribution in [2.45, 2.75) is 104 Å². The maximum atomic E-state index is 13.9. The van der Waals surface area contributed by atoms with Gasteiger partial charge in [-0.15, -0.1) is 11.3 Å². The fraction of sp³-hybridized carbons (Fsp3) is 0.613. The van der Waals surface area contributed by atoms with E-state index in [1.54, 1.807) is 25.2 Å². The van der Waals surface area contributed by atoms with E-state index in [9.17, 15) is 19.5 Å². The van der Waals surface area contributed by atoms with Gasteiger partial charge in [0.1, 0.15) is 17.7 Å². The molecule has 3 amide bonds. The molecule has 3 atom stereocenters. The van der Waals surface area contributed by atoms with Crippen molar-refractivity contribution in [3.63, 3.8) is 0 Å². The summed E-state index contributed by atoms with van der Waals surface area (Å²) in [7, 11) is 0. The minimum atomic E-state index is -1.20. The third-order valence-electron chi connectivity index (χ3n) is 7.44. The highest BCUT2D eigenvalue weighted by atomic mass is 32.1. The number of aliphatic hydroxyl groups excluding tert-OH is 1. The number of likely N-dealkylation sites (tertiary alicyclic amines) is 1. The SMILES string of the molecule is Cc1ncsc1-c1ccc(CNC(=O)C2CC(O)CN2C(=O)C(NC(=O)C(C)(C)OCCC(C)(C)N)C(C)(C)C)cc1. The van der Waals surface area contributed by atoms with Crippen LogP contribution in [0.15, 0.2) is 29.8 Å². The smallest absolute Gasteiger partial charge is 0.252 e. The Morgan fingerprint density at radius 1 is 1.14 bits per heavy atom. The monoisotopic (exact) mass is 601 g/mol. The van der Waals surface area contributed by atoms with Crippen molar-refractivity contribution in [2.75, 3.05) is 13.2 Å². The molecule has 1 aromatic heterocycles. The van der Waals surface area contributed by atoms with E-state index in [1.165, 1.54) is 4.90 Å². The van der Waals surface area contributed by atoms with Crippen molar-refractivity contribution in [2.24, 2.45) is 11.1 Å². The topological polar surface area (TPSA) is 147 Å². The van der Waals surface area contributed by atoms with E-state index in [4.69, 9.17) is 10.5 Å². The number of nitrogens with zero attached hydrogens (tertiary/aromatic N) is 2. The molecule has 1 aliphatic heterocycles. The highest BCUT2D eigenvalue weighted by molar-refractivity contribution is 7.13. The Balaban J connectivity index is 1.67. The van der Waals surface area contributed by atoms with E-state index < -0.39 is 46.6 Å². The summed E-state index contributed by atoms with van der Waals surface area (Å²) in [5.74, 6) is -1.21. The fourth-order valence-electron chi connectivity index (χ4n) is 4.72. The molecule has 3 unspecified atom stereocenters. The molecule has 0 aliphatic carbocycles. The van der Waals surface area contributed by atoms with Gasteiger partial charge in [0.2, 0.25) is 11.8 Å². The lowest BCUT2D eigenvalue weighted by Crippen LogP contribution is -2.60. The van der Waals surface area contributed by atoms with Gasteiger partial charge in [-0.3, -0.25) is 14.4 Å². The van der Waals surface area contributed by atoms with Crippen LogP contribution in [0.3, 0.4) is 0 Å². The molecule has 11 heteroatoms. The van der Waals surface area contributed by atoms with Crippen molar-refractivity contribution in [1.82, 2.24) is 20.5 Å². The standard InChI is InChI=1S/C31H47N5O5S/c1-19-24(42-18-34-19)21-11-9-20(10-12-21)16-33-26(38)23-15-22(37)17-36(23)27(39)25(29(2,3)4)35-28(40)31(7,8)41-14-13-30(5,6)32/h9-12,18,22-23,25,37H,13-17,32H2,1-8H3,(H,33,38)(H,35,40). The summed E-state index contributed by atoms with van der Waals surface area (Å²) in [6.45, 7) is 15.1. The highest BCUT2D eigenvalue weighted by Gasteiger charge is 2.45. The normalized spacial score (nSPS) is 18.6. The highest BCUT2D eigenvalue weighted by Crippen LogP contribution is 2.29. The van der Waals surface area contributed by atoms with Crippen LogP contribution < -0.4 is 16.4 Å². The summed E-state index contributed by atoms with van der Waals surface area (Å²) >= 11 is 1.58. The molecular formula is C31H47N5O5S. The van der Waals surface area contributed by atoms with Gasteiger partial charge in [-0.25, -0.2) is 4.98 Å². The first-order valence-corrected chi connectivity index (χ1v) is 15.3. The Morgan fingerprint density at radius 2 is 1.79 bits per heavy atom. The maximum absolute atomic E-state index is 13.9. The molecule has 5 N–H and O–H groups in total. The molecule has 42 heavy (non-hydrogen) atoms. The average Bonchev–Trinajstić information content (AvgIpc) is 3.49. The molecule has 0 spiro atoms. The van der Waals surface area contributed by atoms with Gasteiger partial charge in [-0.2, -0.15) is 0 Å². The van der Waals surface area contributed by atoms with Gasteiger partial charge >= 0.3 is 0 Å². The molecular weight excluding hydrogens is 554 g/mol. The second-order valence-electron chi connectivity index (χ2n) is 13.4. The third-order valence-corrected chi connectivity index (χ3v) is 8.42. The lowest BCUT2D eigenvalue weighted by Gasteiger charge is -2.37. The molecule has 1 aliphatic rings. The zero-order chi connectivity index (χ0) is 31.5. The van der Waals surface area contributed by atoms with Crippen LogP contribution >= 0.6 is 11.3 Å². The molecule has 0 radical (unpaired) electrons.